The Morgan fingerprint density at radius 3 is 3.06 bits per heavy atom. The van der Waals surface area contributed by atoms with E-state index in [1.165, 1.54) is 15.6 Å². The smallest absolute Gasteiger partial charge is 0.252 e. The molecule has 1 atom stereocenters. The molecule has 1 N–H and O–H groups in total. The summed E-state index contributed by atoms with van der Waals surface area (Å²) in [6, 6.07) is 3.33. The van der Waals surface area contributed by atoms with Gasteiger partial charge in [-0.25, -0.2) is 8.42 Å². The summed E-state index contributed by atoms with van der Waals surface area (Å²) in [6.45, 7) is 3.32. The third-order valence-corrected chi connectivity index (χ3v) is 5.78. The maximum atomic E-state index is 12.3. The fraction of sp³-hybridized carbons (Fsp3) is 0.455. The molecule has 1 aromatic heterocycles. The van der Waals surface area contributed by atoms with Gasteiger partial charge in [-0.2, -0.15) is 4.31 Å². The number of rotatable bonds is 2. The molecule has 0 bridgehead atoms. The third-order valence-electron chi connectivity index (χ3n) is 2.55. The maximum absolute atomic E-state index is 12.3. The van der Waals surface area contributed by atoms with Gasteiger partial charge in [-0.3, -0.25) is 0 Å². The van der Waals surface area contributed by atoms with Crippen molar-refractivity contribution in [1.29, 1.82) is 0 Å². The summed E-state index contributed by atoms with van der Waals surface area (Å²) in [5, 5.41) is 4.97. The summed E-state index contributed by atoms with van der Waals surface area (Å²) in [4.78, 5) is 0. The van der Waals surface area contributed by atoms with Crippen molar-refractivity contribution in [2.75, 3.05) is 19.6 Å². The minimum atomic E-state index is -3.33. The van der Waals surface area contributed by atoms with Crippen LogP contribution in [0.2, 0.25) is 0 Å². The third kappa shape index (κ3) is 2.69. The Kier molecular flexibility index (Phi) is 3.84. The van der Waals surface area contributed by atoms with Gasteiger partial charge in [0, 0.05) is 19.6 Å². The highest BCUT2D eigenvalue weighted by molar-refractivity contribution is 7.91. The van der Waals surface area contributed by atoms with Crippen LogP contribution in [0.1, 0.15) is 6.92 Å². The second kappa shape index (κ2) is 5.19. The average molecular weight is 270 g/mol. The van der Waals surface area contributed by atoms with E-state index >= 15 is 0 Å². The van der Waals surface area contributed by atoms with Crippen molar-refractivity contribution in [3.8, 4) is 11.8 Å². The standard InChI is InChI=1S/C11H14N2O2S2/c1-2-4-10-9-13(7-6-12-10)17(14,15)11-5-3-8-16-11/h3,5,8,10,12H,6-7,9H2,1H3. The minimum Gasteiger partial charge on any atom is -0.301 e. The SMILES string of the molecule is CC#CC1CN(S(=O)(=O)c2cccs2)CCN1. The lowest BCUT2D eigenvalue weighted by Gasteiger charge is -2.29. The molecule has 4 nitrogen and oxygen atoms in total. The zero-order valence-electron chi connectivity index (χ0n) is 9.51. The van der Waals surface area contributed by atoms with Crippen LogP contribution in [0.3, 0.4) is 0 Å². The Morgan fingerprint density at radius 2 is 2.41 bits per heavy atom. The molecule has 1 aromatic rings. The van der Waals surface area contributed by atoms with Gasteiger partial charge in [0.15, 0.2) is 0 Å². The maximum Gasteiger partial charge on any atom is 0.252 e. The van der Waals surface area contributed by atoms with Crippen molar-refractivity contribution in [2.45, 2.75) is 17.2 Å². The van der Waals surface area contributed by atoms with Gasteiger partial charge in [0.1, 0.15) is 4.21 Å². The van der Waals surface area contributed by atoms with Crippen LogP contribution in [-0.4, -0.2) is 38.4 Å². The molecule has 1 unspecified atom stereocenters. The monoisotopic (exact) mass is 270 g/mol. The van der Waals surface area contributed by atoms with Crippen molar-refractivity contribution >= 4 is 21.4 Å². The van der Waals surface area contributed by atoms with E-state index in [4.69, 9.17) is 0 Å². The van der Waals surface area contributed by atoms with E-state index in [1.54, 1.807) is 24.4 Å². The molecule has 0 aromatic carbocycles. The summed E-state index contributed by atoms with van der Waals surface area (Å²) >= 11 is 1.25. The number of nitrogens with one attached hydrogen (secondary N) is 1. The molecule has 1 aliphatic rings. The molecule has 0 saturated carbocycles. The van der Waals surface area contributed by atoms with Gasteiger partial charge in [-0.05, 0) is 18.4 Å². The van der Waals surface area contributed by atoms with E-state index in [9.17, 15) is 8.42 Å². The number of thiophene rings is 1. The quantitative estimate of drug-likeness (QED) is 0.806. The van der Waals surface area contributed by atoms with E-state index in [2.05, 4.69) is 17.2 Å². The molecule has 0 spiro atoms. The van der Waals surface area contributed by atoms with Crippen LogP contribution < -0.4 is 5.32 Å². The second-order valence-electron chi connectivity index (χ2n) is 3.70. The van der Waals surface area contributed by atoms with Crippen LogP contribution in [0.25, 0.3) is 0 Å². The van der Waals surface area contributed by atoms with Gasteiger partial charge in [-0.15, -0.1) is 17.3 Å². The lowest BCUT2D eigenvalue weighted by molar-refractivity contribution is 0.331. The van der Waals surface area contributed by atoms with Crippen molar-refractivity contribution in [1.82, 2.24) is 9.62 Å². The number of sulfonamides is 1. The minimum absolute atomic E-state index is 0.0662. The molecule has 2 rings (SSSR count). The van der Waals surface area contributed by atoms with E-state index in [1.807, 2.05) is 0 Å². The first-order valence-corrected chi connectivity index (χ1v) is 7.66. The molecule has 0 amide bonds. The summed E-state index contributed by atoms with van der Waals surface area (Å²) in [5.74, 6) is 5.78. The predicted molar refractivity (Wildman–Crippen MR) is 68.3 cm³/mol. The summed E-state index contributed by atoms with van der Waals surface area (Å²) in [6.07, 6.45) is 0. The van der Waals surface area contributed by atoms with E-state index < -0.39 is 10.0 Å². The Hall–Kier alpha value is -0.870. The normalized spacial score (nSPS) is 21.8. The average Bonchev–Trinajstić information content (AvgIpc) is 2.84. The molecular formula is C11H14N2O2S2. The molecule has 0 radical (unpaired) electrons. The molecule has 1 saturated heterocycles. The zero-order chi connectivity index (χ0) is 12.3. The van der Waals surface area contributed by atoms with E-state index in [-0.39, 0.29) is 6.04 Å². The van der Waals surface area contributed by atoms with Crippen LogP contribution in [0.4, 0.5) is 0 Å². The molecule has 6 heteroatoms. The number of piperazine rings is 1. The molecule has 1 fully saturated rings. The molecule has 17 heavy (non-hydrogen) atoms. The molecule has 92 valence electrons. The zero-order valence-corrected chi connectivity index (χ0v) is 11.1. The van der Waals surface area contributed by atoms with Crippen LogP contribution in [0, 0.1) is 11.8 Å². The van der Waals surface area contributed by atoms with Gasteiger partial charge in [-0.1, -0.05) is 12.0 Å². The largest absolute Gasteiger partial charge is 0.301 e. The summed E-state index contributed by atoms with van der Waals surface area (Å²) < 4.78 is 26.4. The highest BCUT2D eigenvalue weighted by atomic mass is 32.2. The lowest BCUT2D eigenvalue weighted by Crippen LogP contribution is -2.51. The van der Waals surface area contributed by atoms with Gasteiger partial charge in [0.2, 0.25) is 0 Å². The molecule has 2 heterocycles. The first-order chi connectivity index (χ1) is 8.14. The fourth-order valence-electron chi connectivity index (χ4n) is 1.75. The Labute approximate surface area is 106 Å². The van der Waals surface area contributed by atoms with Gasteiger partial charge in [0.05, 0.1) is 6.04 Å². The molecular weight excluding hydrogens is 256 g/mol. The Balaban J connectivity index is 2.19. The Bertz CT molecular complexity index is 526. The Morgan fingerprint density at radius 1 is 1.59 bits per heavy atom. The van der Waals surface area contributed by atoms with E-state index in [0.717, 1.165) is 0 Å². The van der Waals surface area contributed by atoms with Crippen LogP contribution in [0.5, 0.6) is 0 Å². The van der Waals surface area contributed by atoms with Crippen molar-refractivity contribution < 1.29 is 8.42 Å². The van der Waals surface area contributed by atoms with Gasteiger partial charge < -0.3 is 5.32 Å². The van der Waals surface area contributed by atoms with Crippen LogP contribution in [-0.2, 0) is 10.0 Å². The number of hydrogen-bond donors (Lipinski definition) is 1. The van der Waals surface area contributed by atoms with Crippen molar-refractivity contribution in [3.05, 3.63) is 17.5 Å². The molecule has 0 aliphatic carbocycles. The topological polar surface area (TPSA) is 49.4 Å². The first-order valence-electron chi connectivity index (χ1n) is 5.34. The van der Waals surface area contributed by atoms with Crippen LogP contribution >= 0.6 is 11.3 Å². The lowest BCUT2D eigenvalue weighted by atomic mass is 10.2. The second-order valence-corrected chi connectivity index (χ2v) is 6.81. The summed E-state index contributed by atoms with van der Waals surface area (Å²) in [7, 11) is -3.33. The van der Waals surface area contributed by atoms with E-state index in [0.29, 0.717) is 23.8 Å². The fourth-order valence-corrected chi connectivity index (χ4v) is 4.35. The number of nitrogens with zero attached hydrogens (tertiary/aromatic N) is 1. The molecule has 1 aliphatic heterocycles. The summed E-state index contributed by atoms with van der Waals surface area (Å²) in [5.41, 5.74) is 0. The number of hydrogen-bond acceptors (Lipinski definition) is 4. The highest BCUT2D eigenvalue weighted by Gasteiger charge is 2.29. The van der Waals surface area contributed by atoms with Gasteiger partial charge >= 0.3 is 0 Å². The van der Waals surface area contributed by atoms with Crippen molar-refractivity contribution in [2.24, 2.45) is 0 Å². The van der Waals surface area contributed by atoms with Gasteiger partial charge in [0.25, 0.3) is 10.0 Å². The van der Waals surface area contributed by atoms with Crippen LogP contribution in [0.15, 0.2) is 21.7 Å². The highest BCUT2D eigenvalue weighted by Crippen LogP contribution is 2.21. The van der Waals surface area contributed by atoms with Crippen molar-refractivity contribution in [3.63, 3.8) is 0 Å². The predicted octanol–water partition coefficient (Wildman–Crippen LogP) is 0.734. The first kappa shape index (κ1) is 12.6.